The normalized spacial score (nSPS) is 45.5. The van der Waals surface area contributed by atoms with Gasteiger partial charge in [0, 0.05) is 18.4 Å². The molecule has 0 aromatic carbocycles. The Labute approximate surface area is 145 Å². The number of aliphatic hydroxyl groups is 2. The Morgan fingerprint density at radius 2 is 1.96 bits per heavy atom. The molecule has 2 N–H and O–H groups in total. The summed E-state index contributed by atoms with van der Waals surface area (Å²) in [5.41, 5.74) is 1.51. The van der Waals surface area contributed by atoms with Gasteiger partial charge in [0.1, 0.15) is 0 Å². The number of esters is 1. The molecule has 6 atom stereocenters. The number of hydrogen-bond donors (Lipinski definition) is 2. The van der Waals surface area contributed by atoms with Crippen LogP contribution in [0.4, 0.5) is 0 Å². The van der Waals surface area contributed by atoms with Gasteiger partial charge in [0.2, 0.25) is 0 Å². The van der Waals surface area contributed by atoms with Gasteiger partial charge >= 0.3 is 5.97 Å². The van der Waals surface area contributed by atoms with E-state index in [2.05, 4.69) is 27.4 Å². The van der Waals surface area contributed by atoms with Crippen molar-refractivity contribution in [1.29, 1.82) is 0 Å². The molecule has 0 amide bonds. The molecule has 4 heteroatoms. The third-order valence-electron chi connectivity index (χ3n) is 7.50. The fraction of sp³-hybridized carbons (Fsp3) is 0.850. The zero-order valence-corrected chi connectivity index (χ0v) is 15.3. The first-order chi connectivity index (χ1) is 11.2. The summed E-state index contributed by atoms with van der Waals surface area (Å²) in [6.07, 6.45) is 4.42. The lowest BCUT2D eigenvalue weighted by molar-refractivity contribution is -0.181. The molecule has 24 heavy (non-hydrogen) atoms. The number of fused-ring (bicyclic) bond motifs is 1. The van der Waals surface area contributed by atoms with Gasteiger partial charge in [0.05, 0.1) is 6.61 Å². The average molecular weight is 336 g/mol. The van der Waals surface area contributed by atoms with Gasteiger partial charge in [-0.1, -0.05) is 32.9 Å². The molecule has 0 aromatic heterocycles. The van der Waals surface area contributed by atoms with E-state index in [4.69, 9.17) is 4.74 Å². The first kappa shape index (κ1) is 17.9. The second-order valence-corrected chi connectivity index (χ2v) is 9.16. The molecular formula is C20H32O4. The highest BCUT2D eigenvalue weighted by Gasteiger charge is 2.58. The van der Waals surface area contributed by atoms with Crippen molar-refractivity contribution in [3.63, 3.8) is 0 Å². The van der Waals surface area contributed by atoms with E-state index in [0.717, 1.165) is 19.3 Å². The van der Waals surface area contributed by atoms with Gasteiger partial charge in [0.25, 0.3) is 0 Å². The van der Waals surface area contributed by atoms with Gasteiger partial charge in [-0.15, -0.1) is 0 Å². The maximum Gasteiger partial charge on any atom is 0.335 e. The highest BCUT2D eigenvalue weighted by Crippen LogP contribution is 2.63. The third kappa shape index (κ3) is 2.62. The summed E-state index contributed by atoms with van der Waals surface area (Å²) in [6.45, 7) is 11.6. The maximum atomic E-state index is 11.7. The van der Waals surface area contributed by atoms with Crippen molar-refractivity contribution in [1.82, 2.24) is 0 Å². The van der Waals surface area contributed by atoms with E-state index in [-0.39, 0.29) is 23.4 Å². The number of carbonyl (C=O) groups excluding carboxylic acids is 1. The maximum absolute atomic E-state index is 11.7. The zero-order chi connectivity index (χ0) is 17.7. The van der Waals surface area contributed by atoms with Gasteiger partial charge in [-0.3, -0.25) is 0 Å². The van der Waals surface area contributed by atoms with Crippen LogP contribution in [0.15, 0.2) is 12.2 Å². The van der Waals surface area contributed by atoms with Crippen LogP contribution in [0.5, 0.6) is 0 Å². The Kier molecular flexibility index (Phi) is 4.59. The molecule has 3 fully saturated rings. The van der Waals surface area contributed by atoms with Crippen LogP contribution < -0.4 is 0 Å². The Morgan fingerprint density at radius 1 is 1.25 bits per heavy atom. The summed E-state index contributed by atoms with van der Waals surface area (Å²) in [5, 5.41) is 20.1. The molecule has 2 saturated carbocycles. The lowest BCUT2D eigenvalue weighted by Gasteiger charge is -2.48. The first-order valence-corrected chi connectivity index (χ1v) is 9.35. The minimum absolute atomic E-state index is 0.0177. The molecule has 0 spiro atoms. The zero-order valence-electron chi connectivity index (χ0n) is 15.3. The predicted octanol–water partition coefficient (Wildman–Crippen LogP) is 2.93. The standard InChI is InChI=1S/C20H32O4/c1-12-6-5-8-19(2,3)14-7-9-20(4,16(12)14)15-11-24-18(23)17(22)13(15)10-21/h13-17,21-22H,1,5-11H2,2-4H3/t13-,14+,15+,16+,17-,20-/m0/s1. The van der Waals surface area contributed by atoms with Gasteiger partial charge in [-0.2, -0.15) is 0 Å². The molecule has 1 heterocycles. The minimum Gasteiger partial charge on any atom is -0.463 e. The fourth-order valence-electron chi connectivity index (χ4n) is 6.05. The molecule has 1 saturated heterocycles. The third-order valence-corrected chi connectivity index (χ3v) is 7.50. The number of hydrogen-bond acceptors (Lipinski definition) is 4. The van der Waals surface area contributed by atoms with Crippen LogP contribution in [-0.2, 0) is 9.53 Å². The van der Waals surface area contributed by atoms with Crippen molar-refractivity contribution in [2.75, 3.05) is 13.2 Å². The number of carbonyl (C=O) groups is 1. The van der Waals surface area contributed by atoms with E-state index >= 15 is 0 Å². The summed E-state index contributed by atoms with van der Waals surface area (Å²) in [7, 11) is 0. The van der Waals surface area contributed by atoms with E-state index in [9.17, 15) is 15.0 Å². The van der Waals surface area contributed by atoms with Crippen molar-refractivity contribution >= 4 is 5.97 Å². The lowest BCUT2D eigenvalue weighted by atomic mass is 9.59. The van der Waals surface area contributed by atoms with E-state index in [1.54, 1.807) is 0 Å². The molecule has 2 aliphatic carbocycles. The van der Waals surface area contributed by atoms with E-state index in [1.165, 1.54) is 18.4 Å². The van der Waals surface area contributed by atoms with Gasteiger partial charge in [0.15, 0.2) is 6.10 Å². The van der Waals surface area contributed by atoms with E-state index in [1.807, 2.05) is 0 Å². The van der Waals surface area contributed by atoms with Crippen LogP contribution in [0.1, 0.15) is 52.9 Å². The van der Waals surface area contributed by atoms with Crippen molar-refractivity contribution in [3.05, 3.63) is 12.2 Å². The average Bonchev–Trinajstić information content (AvgIpc) is 2.83. The molecule has 0 unspecified atom stereocenters. The van der Waals surface area contributed by atoms with Gasteiger partial charge < -0.3 is 14.9 Å². The highest BCUT2D eigenvalue weighted by atomic mass is 16.5. The number of rotatable bonds is 2. The Balaban J connectivity index is 1.97. The van der Waals surface area contributed by atoms with E-state index < -0.39 is 18.0 Å². The molecule has 136 valence electrons. The molecule has 4 nitrogen and oxygen atoms in total. The molecule has 3 aliphatic rings. The van der Waals surface area contributed by atoms with Crippen molar-refractivity contribution in [3.8, 4) is 0 Å². The lowest BCUT2D eigenvalue weighted by Crippen LogP contribution is -2.52. The molecule has 1 aliphatic heterocycles. The van der Waals surface area contributed by atoms with Crippen LogP contribution in [-0.4, -0.2) is 35.5 Å². The Hall–Kier alpha value is -0.870. The summed E-state index contributed by atoms with van der Waals surface area (Å²) in [6, 6.07) is 0. The SMILES string of the molecule is C=C1CCCC(C)(C)[C@@H]2CC[C@@](C)([C@@H]3COC(=O)[C@@H](O)[C@H]3CO)[C@H]12. The molecule has 0 aromatic rings. The first-order valence-electron chi connectivity index (χ1n) is 9.35. The van der Waals surface area contributed by atoms with Crippen LogP contribution in [0.3, 0.4) is 0 Å². The summed E-state index contributed by atoms with van der Waals surface area (Å²) < 4.78 is 5.28. The van der Waals surface area contributed by atoms with Crippen molar-refractivity contribution < 1.29 is 19.7 Å². The number of aliphatic hydroxyl groups excluding tert-OH is 2. The topological polar surface area (TPSA) is 66.8 Å². The second kappa shape index (κ2) is 6.14. The number of allylic oxidation sites excluding steroid dienone is 1. The predicted molar refractivity (Wildman–Crippen MR) is 92.1 cm³/mol. The fourth-order valence-corrected chi connectivity index (χ4v) is 6.05. The largest absolute Gasteiger partial charge is 0.463 e. The molecule has 0 bridgehead atoms. The summed E-state index contributed by atoms with van der Waals surface area (Å²) in [5.74, 6) is -0.0989. The Bertz CT molecular complexity index is 526. The van der Waals surface area contributed by atoms with Crippen molar-refractivity contribution in [2.24, 2.45) is 34.5 Å². The molecule has 3 rings (SSSR count). The van der Waals surface area contributed by atoms with Gasteiger partial charge in [-0.25, -0.2) is 4.79 Å². The van der Waals surface area contributed by atoms with Crippen LogP contribution in [0.2, 0.25) is 0 Å². The second-order valence-electron chi connectivity index (χ2n) is 9.16. The van der Waals surface area contributed by atoms with Gasteiger partial charge in [-0.05, 0) is 54.8 Å². The van der Waals surface area contributed by atoms with Crippen LogP contribution in [0, 0.1) is 34.5 Å². The number of cyclic esters (lactones) is 1. The van der Waals surface area contributed by atoms with Crippen molar-refractivity contribution in [2.45, 2.75) is 59.0 Å². The highest BCUT2D eigenvalue weighted by molar-refractivity contribution is 5.75. The summed E-state index contributed by atoms with van der Waals surface area (Å²) >= 11 is 0. The van der Waals surface area contributed by atoms with E-state index in [0.29, 0.717) is 18.4 Å². The smallest absolute Gasteiger partial charge is 0.335 e. The number of ether oxygens (including phenoxy) is 1. The minimum atomic E-state index is -1.21. The Morgan fingerprint density at radius 3 is 2.62 bits per heavy atom. The molecule has 0 radical (unpaired) electrons. The monoisotopic (exact) mass is 336 g/mol. The van der Waals surface area contributed by atoms with Crippen LogP contribution in [0.25, 0.3) is 0 Å². The van der Waals surface area contributed by atoms with Crippen LogP contribution >= 0.6 is 0 Å². The summed E-state index contributed by atoms with van der Waals surface area (Å²) in [4.78, 5) is 11.7. The quantitative estimate of drug-likeness (QED) is 0.601. The molecular weight excluding hydrogens is 304 g/mol.